The third kappa shape index (κ3) is 3.62. The monoisotopic (exact) mass is 298 g/mol. The lowest BCUT2D eigenvalue weighted by Crippen LogP contribution is -2.33. The molecule has 1 aromatic rings. The minimum absolute atomic E-state index is 0.236. The number of nitrogens with zero attached hydrogens (tertiary/aromatic N) is 1. The summed E-state index contributed by atoms with van der Waals surface area (Å²) < 4.78 is 28.0. The van der Waals surface area contributed by atoms with E-state index in [0.29, 0.717) is 23.3 Å². The van der Waals surface area contributed by atoms with Crippen molar-refractivity contribution in [3.8, 4) is 5.88 Å². The summed E-state index contributed by atoms with van der Waals surface area (Å²) in [6, 6.07) is 4.02. The molecule has 1 saturated heterocycles. The summed E-state index contributed by atoms with van der Waals surface area (Å²) in [6.07, 6.45) is 1.47. The molecule has 2 rings (SSSR count). The second-order valence-corrected chi connectivity index (χ2v) is 7.71. The summed E-state index contributed by atoms with van der Waals surface area (Å²) >= 11 is 0. The van der Waals surface area contributed by atoms with Crippen LogP contribution >= 0.6 is 0 Å². The first kappa shape index (κ1) is 15.1. The van der Waals surface area contributed by atoms with Gasteiger partial charge in [0.2, 0.25) is 5.88 Å². The molecule has 0 saturated carbocycles. The van der Waals surface area contributed by atoms with E-state index in [-0.39, 0.29) is 6.04 Å². The van der Waals surface area contributed by atoms with E-state index in [1.807, 2.05) is 19.1 Å². The maximum absolute atomic E-state index is 11.5. The van der Waals surface area contributed by atoms with Gasteiger partial charge < -0.3 is 10.1 Å². The standard InChI is InChI=1S/C14H22N2O3S/c1-10(12-6-8-20(17,18)9-7-12)15-13-4-5-14(19-3)16-11(13)2/h4-5,10,12,15H,6-9H2,1-3H3. The Hall–Kier alpha value is -1.30. The first-order chi connectivity index (χ1) is 9.41. The first-order valence-electron chi connectivity index (χ1n) is 6.90. The van der Waals surface area contributed by atoms with Crippen LogP contribution in [0.4, 0.5) is 5.69 Å². The number of pyridine rings is 1. The van der Waals surface area contributed by atoms with Gasteiger partial charge in [-0.15, -0.1) is 0 Å². The number of hydrogen-bond donors (Lipinski definition) is 1. The Balaban J connectivity index is 1.99. The number of sulfone groups is 1. The molecular formula is C14H22N2O3S. The van der Waals surface area contributed by atoms with Crippen LogP contribution in [0.2, 0.25) is 0 Å². The highest BCUT2D eigenvalue weighted by molar-refractivity contribution is 7.91. The summed E-state index contributed by atoms with van der Waals surface area (Å²) in [5.74, 6) is 1.61. The molecule has 20 heavy (non-hydrogen) atoms. The summed E-state index contributed by atoms with van der Waals surface area (Å²) in [6.45, 7) is 4.04. The van der Waals surface area contributed by atoms with E-state index in [0.717, 1.165) is 24.2 Å². The average Bonchev–Trinajstić information content (AvgIpc) is 2.40. The van der Waals surface area contributed by atoms with Crippen LogP contribution in [0.25, 0.3) is 0 Å². The maximum atomic E-state index is 11.5. The fourth-order valence-corrected chi connectivity index (χ4v) is 4.10. The third-order valence-corrected chi connectivity index (χ3v) is 5.67. The van der Waals surface area contributed by atoms with Gasteiger partial charge >= 0.3 is 0 Å². The largest absolute Gasteiger partial charge is 0.481 e. The molecule has 1 aliphatic rings. The lowest BCUT2D eigenvalue weighted by atomic mass is 9.94. The van der Waals surface area contributed by atoms with Gasteiger partial charge in [-0.1, -0.05) is 0 Å². The van der Waals surface area contributed by atoms with E-state index >= 15 is 0 Å². The second-order valence-electron chi connectivity index (χ2n) is 5.41. The van der Waals surface area contributed by atoms with Crippen molar-refractivity contribution in [1.82, 2.24) is 4.98 Å². The highest BCUT2D eigenvalue weighted by Crippen LogP contribution is 2.26. The number of hydrogen-bond acceptors (Lipinski definition) is 5. The maximum Gasteiger partial charge on any atom is 0.213 e. The molecule has 1 aliphatic heterocycles. The van der Waals surface area contributed by atoms with Gasteiger partial charge in [-0.3, -0.25) is 0 Å². The van der Waals surface area contributed by atoms with Crippen molar-refractivity contribution in [2.45, 2.75) is 32.7 Å². The molecule has 1 N–H and O–H groups in total. The number of anilines is 1. The van der Waals surface area contributed by atoms with Crippen molar-refractivity contribution < 1.29 is 13.2 Å². The number of nitrogens with one attached hydrogen (secondary N) is 1. The first-order valence-corrected chi connectivity index (χ1v) is 8.72. The zero-order chi connectivity index (χ0) is 14.8. The van der Waals surface area contributed by atoms with Crippen molar-refractivity contribution in [3.63, 3.8) is 0 Å². The van der Waals surface area contributed by atoms with Crippen molar-refractivity contribution >= 4 is 15.5 Å². The van der Waals surface area contributed by atoms with Crippen molar-refractivity contribution in [2.75, 3.05) is 23.9 Å². The summed E-state index contributed by atoms with van der Waals surface area (Å²) in [5, 5.41) is 3.45. The van der Waals surface area contributed by atoms with E-state index in [9.17, 15) is 8.42 Å². The van der Waals surface area contributed by atoms with Crippen LogP contribution in [-0.4, -0.2) is 38.1 Å². The predicted molar refractivity (Wildman–Crippen MR) is 80.0 cm³/mol. The highest BCUT2D eigenvalue weighted by Gasteiger charge is 2.27. The van der Waals surface area contributed by atoms with Gasteiger partial charge in [-0.25, -0.2) is 13.4 Å². The Morgan fingerprint density at radius 2 is 2.00 bits per heavy atom. The molecule has 0 bridgehead atoms. The average molecular weight is 298 g/mol. The van der Waals surface area contributed by atoms with Crippen LogP contribution in [0.1, 0.15) is 25.5 Å². The highest BCUT2D eigenvalue weighted by atomic mass is 32.2. The molecule has 5 nitrogen and oxygen atoms in total. The van der Waals surface area contributed by atoms with Crippen molar-refractivity contribution in [2.24, 2.45) is 5.92 Å². The molecule has 0 aliphatic carbocycles. The Bertz CT molecular complexity index is 558. The lowest BCUT2D eigenvalue weighted by Gasteiger charge is -2.29. The minimum atomic E-state index is -2.80. The van der Waals surface area contributed by atoms with Crippen LogP contribution in [0.15, 0.2) is 12.1 Å². The van der Waals surface area contributed by atoms with E-state index < -0.39 is 9.84 Å². The third-order valence-electron chi connectivity index (χ3n) is 3.96. The van der Waals surface area contributed by atoms with Gasteiger partial charge in [0.1, 0.15) is 9.84 Å². The topological polar surface area (TPSA) is 68.3 Å². The van der Waals surface area contributed by atoms with Gasteiger partial charge in [0.05, 0.1) is 30.0 Å². The number of ether oxygens (including phenoxy) is 1. The summed E-state index contributed by atoms with van der Waals surface area (Å²) in [4.78, 5) is 4.33. The lowest BCUT2D eigenvalue weighted by molar-refractivity contribution is 0.396. The number of rotatable bonds is 4. The molecule has 0 radical (unpaired) electrons. The van der Waals surface area contributed by atoms with Gasteiger partial charge in [-0.2, -0.15) is 0 Å². The van der Waals surface area contributed by atoms with Crippen LogP contribution < -0.4 is 10.1 Å². The normalized spacial score (nSPS) is 20.4. The molecule has 0 aromatic carbocycles. The molecule has 6 heteroatoms. The molecule has 2 heterocycles. The molecule has 1 fully saturated rings. The van der Waals surface area contributed by atoms with Crippen LogP contribution in [0.5, 0.6) is 5.88 Å². The number of aromatic nitrogens is 1. The Kier molecular flexibility index (Phi) is 4.52. The molecule has 0 amide bonds. The Morgan fingerprint density at radius 1 is 1.35 bits per heavy atom. The predicted octanol–water partition coefficient (Wildman–Crippen LogP) is 2.02. The number of aryl methyl sites for hydroxylation is 1. The van der Waals surface area contributed by atoms with E-state index in [2.05, 4.69) is 17.2 Å². The summed E-state index contributed by atoms with van der Waals surface area (Å²) in [7, 11) is -1.20. The van der Waals surface area contributed by atoms with Crippen molar-refractivity contribution in [1.29, 1.82) is 0 Å². The second kappa shape index (κ2) is 5.99. The van der Waals surface area contributed by atoms with E-state index in [4.69, 9.17) is 4.74 Å². The van der Waals surface area contributed by atoms with Crippen LogP contribution in [-0.2, 0) is 9.84 Å². The molecule has 1 atom stereocenters. The van der Waals surface area contributed by atoms with Gasteiger partial charge in [-0.05, 0) is 38.7 Å². The van der Waals surface area contributed by atoms with Crippen molar-refractivity contribution in [3.05, 3.63) is 17.8 Å². The molecule has 112 valence electrons. The molecular weight excluding hydrogens is 276 g/mol. The van der Waals surface area contributed by atoms with Crippen LogP contribution in [0.3, 0.4) is 0 Å². The smallest absolute Gasteiger partial charge is 0.213 e. The van der Waals surface area contributed by atoms with E-state index in [1.165, 1.54) is 0 Å². The van der Waals surface area contributed by atoms with E-state index in [1.54, 1.807) is 7.11 Å². The summed E-state index contributed by atoms with van der Waals surface area (Å²) in [5.41, 5.74) is 1.87. The van der Waals surface area contributed by atoms with Gasteiger partial charge in [0, 0.05) is 12.1 Å². The zero-order valence-electron chi connectivity index (χ0n) is 12.2. The quantitative estimate of drug-likeness (QED) is 0.921. The Labute approximate surface area is 120 Å². The Morgan fingerprint density at radius 3 is 2.55 bits per heavy atom. The fourth-order valence-electron chi connectivity index (χ4n) is 2.58. The molecule has 0 spiro atoms. The zero-order valence-corrected chi connectivity index (χ0v) is 13.0. The number of methoxy groups -OCH3 is 1. The van der Waals surface area contributed by atoms with Crippen LogP contribution in [0, 0.1) is 12.8 Å². The minimum Gasteiger partial charge on any atom is -0.481 e. The van der Waals surface area contributed by atoms with Gasteiger partial charge in [0.15, 0.2) is 0 Å². The van der Waals surface area contributed by atoms with Gasteiger partial charge in [0.25, 0.3) is 0 Å². The SMILES string of the molecule is COc1ccc(NC(C)C2CCS(=O)(=O)CC2)c(C)n1. The fraction of sp³-hybridized carbons (Fsp3) is 0.643. The molecule has 1 unspecified atom stereocenters. The molecule has 1 aromatic heterocycles.